The summed E-state index contributed by atoms with van der Waals surface area (Å²) in [6.07, 6.45) is 1.61. The Hall–Kier alpha value is -1.000. The number of aromatic amines is 1. The molecule has 3 nitrogen and oxygen atoms in total. The Labute approximate surface area is 106 Å². The number of carbonyl (C=O) groups is 1. The van der Waals surface area contributed by atoms with Crippen LogP contribution in [0.4, 0.5) is 0 Å². The summed E-state index contributed by atoms with van der Waals surface area (Å²) in [5.41, 5.74) is 1.28. The SMILES string of the molecule is CCOC(=O)c1c[nH]c2ccc(Br)c(Cl)c12. The number of hydrogen-bond donors (Lipinski definition) is 1. The summed E-state index contributed by atoms with van der Waals surface area (Å²) in [7, 11) is 0. The zero-order valence-electron chi connectivity index (χ0n) is 8.51. The molecule has 0 saturated carbocycles. The molecule has 0 fully saturated rings. The fourth-order valence-corrected chi connectivity index (χ4v) is 2.12. The van der Waals surface area contributed by atoms with Crippen LogP contribution in [-0.2, 0) is 4.74 Å². The summed E-state index contributed by atoms with van der Waals surface area (Å²) in [6.45, 7) is 2.11. The van der Waals surface area contributed by atoms with Gasteiger partial charge in [0, 0.05) is 21.6 Å². The molecule has 5 heteroatoms. The van der Waals surface area contributed by atoms with E-state index in [4.69, 9.17) is 16.3 Å². The number of halogens is 2. The van der Waals surface area contributed by atoms with Gasteiger partial charge in [-0.05, 0) is 35.0 Å². The molecule has 0 aliphatic rings. The second-order valence-electron chi connectivity index (χ2n) is 3.21. The number of hydrogen-bond acceptors (Lipinski definition) is 2. The van der Waals surface area contributed by atoms with Crippen LogP contribution >= 0.6 is 27.5 Å². The summed E-state index contributed by atoms with van der Waals surface area (Å²) < 4.78 is 5.71. The monoisotopic (exact) mass is 301 g/mol. The molecule has 0 amide bonds. The van der Waals surface area contributed by atoms with E-state index in [-0.39, 0.29) is 5.97 Å². The molecule has 1 heterocycles. The van der Waals surface area contributed by atoms with Crippen LogP contribution in [0.15, 0.2) is 22.8 Å². The minimum Gasteiger partial charge on any atom is -0.462 e. The van der Waals surface area contributed by atoms with Gasteiger partial charge in [0.1, 0.15) is 0 Å². The number of ether oxygens (including phenoxy) is 1. The van der Waals surface area contributed by atoms with Crippen LogP contribution in [0, 0.1) is 0 Å². The molecule has 84 valence electrons. The highest BCUT2D eigenvalue weighted by molar-refractivity contribution is 9.10. The first-order valence-corrected chi connectivity index (χ1v) is 5.94. The first kappa shape index (κ1) is 11.5. The lowest BCUT2D eigenvalue weighted by molar-refractivity contribution is 0.0529. The minimum atomic E-state index is -0.367. The maximum Gasteiger partial charge on any atom is 0.340 e. The molecule has 16 heavy (non-hydrogen) atoms. The summed E-state index contributed by atoms with van der Waals surface area (Å²) in [6, 6.07) is 3.68. The third-order valence-corrected chi connectivity index (χ3v) is 3.51. The minimum absolute atomic E-state index is 0.344. The smallest absolute Gasteiger partial charge is 0.340 e. The van der Waals surface area contributed by atoms with E-state index in [1.54, 1.807) is 13.1 Å². The summed E-state index contributed by atoms with van der Waals surface area (Å²) in [5, 5.41) is 1.20. The van der Waals surface area contributed by atoms with Crippen LogP contribution < -0.4 is 0 Å². The second kappa shape index (κ2) is 4.47. The number of benzene rings is 1. The van der Waals surface area contributed by atoms with E-state index < -0.39 is 0 Å². The van der Waals surface area contributed by atoms with Crippen molar-refractivity contribution in [2.24, 2.45) is 0 Å². The normalized spacial score (nSPS) is 10.7. The fraction of sp³-hybridized carbons (Fsp3) is 0.182. The second-order valence-corrected chi connectivity index (χ2v) is 4.44. The van der Waals surface area contributed by atoms with Crippen LogP contribution in [0.2, 0.25) is 5.02 Å². The van der Waals surface area contributed by atoms with Crippen molar-refractivity contribution in [3.05, 3.63) is 33.4 Å². The van der Waals surface area contributed by atoms with Gasteiger partial charge in [0.15, 0.2) is 0 Å². The summed E-state index contributed by atoms with van der Waals surface area (Å²) >= 11 is 9.47. The van der Waals surface area contributed by atoms with E-state index in [0.29, 0.717) is 22.6 Å². The molecule has 1 aromatic carbocycles. The van der Waals surface area contributed by atoms with Crippen molar-refractivity contribution < 1.29 is 9.53 Å². The lowest BCUT2D eigenvalue weighted by Gasteiger charge is -2.02. The summed E-state index contributed by atoms with van der Waals surface area (Å²) in [5.74, 6) is -0.367. The van der Waals surface area contributed by atoms with Crippen molar-refractivity contribution in [2.75, 3.05) is 6.61 Å². The van der Waals surface area contributed by atoms with Gasteiger partial charge in [-0.2, -0.15) is 0 Å². The first-order valence-electron chi connectivity index (χ1n) is 4.77. The maximum atomic E-state index is 11.7. The predicted molar refractivity (Wildman–Crippen MR) is 67.0 cm³/mol. The van der Waals surface area contributed by atoms with Crippen molar-refractivity contribution in [3.63, 3.8) is 0 Å². The number of nitrogens with one attached hydrogen (secondary N) is 1. The topological polar surface area (TPSA) is 42.1 Å². The quantitative estimate of drug-likeness (QED) is 0.858. The standard InChI is InChI=1S/C11H9BrClNO2/c1-2-16-11(15)6-5-14-8-4-3-7(12)10(13)9(6)8/h3-5,14H,2H2,1H3. The molecule has 1 aromatic heterocycles. The van der Waals surface area contributed by atoms with Gasteiger partial charge in [0.2, 0.25) is 0 Å². The van der Waals surface area contributed by atoms with Crippen LogP contribution in [0.5, 0.6) is 0 Å². The zero-order valence-corrected chi connectivity index (χ0v) is 10.9. The molecule has 0 saturated heterocycles. The summed E-state index contributed by atoms with van der Waals surface area (Å²) in [4.78, 5) is 14.7. The molecule has 0 aliphatic carbocycles. The highest BCUT2D eigenvalue weighted by atomic mass is 79.9. The van der Waals surface area contributed by atoms with Gasteiger partial charge in [-0.1, -0.05) is 11.6 Å². The predicted octanol–water partition coefficient (Wildman–Crippen LogP) is 3.76. The first-order chi connectivity index (χ1) is 7.65. The van der Waals surface area contributed by atoms with E-state index in [9.17, 15) is 4.79 Å². The van der Waals surface area contributed by atoms with Crippen molar-refractivity contribution in [1.29, 1.82) is 0 Å². The number of rotatable bonds is 2. The maximum absolute atomic E-state index is 11.7. The zero-order chi connectivity index (χ0) is 11.7. The Morgan fingerprint density at radius 2 is 2.31 bits per heavy atom. The van der Waals surface area contributed by atoms with Crippen molar-refractivity contribution >= 4 is 44.4 Å². The van der Waals surface area contributed by atoms with E-state index in [0.717, 1.165) is 9.99 Å². The largest absolute Gasteiger partial charge is 0.462 e. The lowest BCUT2D eigenvalue weighted by atomic mass is 10.2. The number of esters is 1. The highest BCUT2D eigenvalue weighted by Gasteiger charge is 2.16. The third kappa shape index (κ3) is 1.83. The molecule has 2 aromatic rings. The van der Waals surface area contributed by atoms with Gasteiger partial charge in [-0.3, -0.25) is 0 Å². The molecule has 0 aliphatic heterocycles. The molecular formula is C11H9BrClNO2. The number of fused-ring (bicyclic) bond motifs is 1. The number of H-pyrrole nitrogens is 1. The Kier molecular flexibility index (Phi) is 3.21. The Morgan fingerprint density at radius 1 is 1.56 bits per heavy atom. The van der Waals surface area contributed by atoms with Crippen molar-refractivity contribution in [1.82, 2.24) is 4.98 Å². The molecule has 0 radical (unpaired) electrons. The fourth-order valence-electron chi connectivity index (χ4n) is 1.53. The van der Waals surface area contributed by atoms with Crippen molar-refractivity contribution in [3.8, 4) is 0 Å². The van der Waals surface area contributed by atoms with Gasteiger partial charge in [0.25, 0.3) is 0 Å². The van der Waals surface area contributed by atoms with Crippen LogP contribution in [-0.4, -0.2) is 17.6 Å². The number of aromatic nitrogens is 1. The van der Waals surface area contributed by atoms with E-state index in [1.165, 1.54) is 0 Å². The van der Waals surface area contributed by atoms with Crippen LogP contribution in [0.25, 0.3) is 10.9 Å². The van der Waals surface area contributed by atoms with E-state index in [2.05, 4.69) is 20.9 Å². The highest BCUT2D eigenvalue weighted by Crippen LogP contribution is 2.33. The Morgan fingerprint density at radius 3 is 3.00 bits per heavy atom. The van der Waals surface area contributed by atoms with Gasteiger partial charge in [-0.15, -0.1) is 0 Å². The average Bonchev–Trinajstić information content (AvgIpc) is 2.68. The number of carbonyl (C=O) groups excluding carboxylic acids is 1. The van der Waals surface area contributed by atoms with Gasteiger partial charge < -0.3 is 9.72 Å². The molecule has 2 rings (SSSR count). The average molecular weight is 303 g/mol. The third-order valence-electron chi connectivity index (χ3n) is 2.23. The molecule has 0 spiro atoms. The molecule has 1 N–H and O–H groups in total. The van der Waals surface area contributed by atoms with Gasteiger partial charge in [-0.25, -0.2) is 4.79 Å². The Bertz CT molecular complexity index is 550. The van der Waals surface area contributed by atoms with E-state index >= 15 is 0 Å². The van der Waals surface area contributed by atoms with Gasteiger partial charge >= 0.3 is 5.97 Å². The van der Waals surface area contributed by atoms with Crippen LogP contribution in [0.3, 0.4) is 0 Å². The molecule has 0 bridgehead atoms. The van der Waals surface area contributed by atoms with Crippen molar-refractivity contribution in [2.45, 2.75) is 6.92 Å². The molecule has 0 atom stereocenters. The molecular weight excluding hydrogens is 293 g/mol. The Balaban J connectivity index is 2.63. The van der Waals surface area contributed by atoms with E-state index in [1.807, 2.05) is 12.1 Å². The lowest BCUT2D eigenvalue weighted by Crippen LogP contribution is -2.03. The van der Waals surface area contributed by atoms with Gasteiger partial charge in [0.05, 0.1) is 17.2 Å². The molecule has 0 unspecified atom stereocenters. The van der Waals surface area contributed by atoms with Crippen LogP contribution in [0.1, 0.15) is 17.3 Å².